The molecule has 0 aliphatic heterocycles. The minimum Gasteiger partial charge on any atom is -0.497 e. The van der Waals surface area contributed by atoms with Crippen molar-refractivity contribution in [1.82, 2.24) is 4.90 Å². The fourth-order valence-electron chi connectivity index (χ4n) is 1.82. The van der Waals surface area contributed by atoms with Crippen molar-refractivity contribution < 1.29 is 9.53 Å². The van der Waals surface area contributed by atoms with Crippen LogP contribution in [0.5, 0.6) is 5.75 Å². The third-order valence-electron chi connectivity index (χ3n) is 2.86. The number of carbonyl (C=O) groups excluding carboxylic acids is 1. The van der Waals surface area contributed by atoms with Crippen LogP contribution in [0.15, 0.2) is 23.1 Å². The lowest BCUT2D eigenvalue weighted by Gasteiger charge is -2.09. The van der Waals surface area contributed by atoms with Crippen LogP contribution in [0.4, 0.5) is 0 Å². The number of nitrogens with two attached hydrogens (primary N) is 1. The maximum atomic E-state index is 11.6. The molecule has 2 N–H and O–H groups in total. The second kappa shape index (κ2) is 6.47. The number of hydrogen-bond donors (Lipinski definition) is 1. The number of fused-ring (bicyclic) bond motifs is 1. The zero-order valence-electron chi connectivity index (χ0n) is 11.8. The van der Waals surface area contributed by atoms with Gasteiger partial charge in [0.2, 0.25) is 0 Å². The van der Waals surface area contributed by atoms with E-state index in [9.17, 15) is 4.79 Å². The summed E-state index contributed by atoms with van der Waals surface area (Å²) in [4.78, 5) is 15.3. The quantitative estimate of drug-likeness (QED) is 0.834. The number of amides is 1. The van der Waals surface area contributed by atoms with Crippen LogP contribution < -0.4 is 10.5 Å². The van der Waals surface area contributed by atoms with Crippen LogP contribution in [0.1, 0.15) is 9.67 Å². The van der Waals surface area contributed by atoms with Gasteiger partial charge in [-0.05, 0) is 32.3 Å². The number of ether oxygens (including phenoxy) is 1. The highest BCUT2D eigenvalue weighted by Crippen LogP contribution is 2.39. The van der Waals surface area contributed by atoms with Gasteiger partial charge in [-0.1, -0.05) is 0 Å². The summed E-state index contributed by atoms with van der Waals surface area (Å²) in [5.41, 5.74) is 5.50. The highest BCUT2D eigenvalue weighted by Gasteiger charge is 2.17. The molecule has 1 amide bonds. The summed E-state index contributed by atoms with van der Waals surface area (Å²) >= 11 is 3.12. The molecule has 0 bridgehead atoms. The Hall–Kier alpha value is -1.24. The smallest absolute Gasteiger partial charge is 0.259 e. The molecule has 0 atom stereocenters. The highest BCUT2D eigenvalue weighted by atomic mass is 32.2. The maximum absolute atomic E-state index is 11.6. The Bertz CT molecular complexity index is 623. The summed E-state index contributed by atoms with van der Waals surface area (Å²) in [6, 6.07) is 5.84. The highest BCUT2D eigenvalue weighted by molar-refractivity contribution is 7.99. The average molecular weight is 310 g/mol. The van der Waals surface area contributed by atoms with E-state index in [1.807, 2.05) is 32.3 Å². The van der Waals surface area contributed by atoms with Gasteiger partial charge in [-0.2, -0.15) is 0 Å². The number of thioether (sulfide) groups is 1. The lowest BCUT2D eigenvalue weighted by atomic mass is 10.2. The molecule has 0 spiro atoms. The predicted octanol–water partition coefficient (Wildman–Crippen LogP) is 2.66. The van der Waals surface area contributed by atoms with Crippen molar-refractivity contribution in [3.63, 3.8) is 0 Å². The number of methoxy groups -OCH3 is 1. The summed E-state index contributed by atoms with van der Waals surface area (Å²) in [7, 11) is 5.70. The molecule has 20 heavy (non-hydrogen) atoms. The molecule has 0 aliphatic carbocycles. The van der Waals surface area contributed by atoms with Gasteiger partial charge >= 0.3 is 0 Å². The molecule has 1 aromatic carbocycles. The number of nitrogens with zero attached hydrogens (tertiary/aromatic N) is 1. The van der Waals surface area contributed by atoms with Crippen LogP contribution in [-0.4, -0.2) is 44.3 Å². The molecule has 4 nitrogen and oxygen atoms in total. The summed E-state index contributed by atoms with van der Waals surface area (Å²) < 4.78 is 6.32. The third-order valence-corrected chi connectivity index (χ3v) is 5.27. The molecular weight excluding hydrogens is 292 g/mol. The van der Waals surface area contributed by atoms with Gasteiger partial charge in [0.05, 0.1) is 7.11 Å². The van der Waals surface area contributed by atoms with E-state index in [-0.39, 0.29) is 5.91 Å². The molecule has 0 fully saturated rings. The van der Waals surface area contributed by atoms with Crippen LogP contribution >= 0.6 is 23.1 Å². The second-order valence-corrected chi connectivity index (χ2v) is 6.80. The number of hydrogen-bond acceptors (Lipinski definition) is 5. The first-order chi connectivity index (χ1) is 9.52. The second-order valence-electron chi connectivity index (χ2n) is 4.64. The van der Waals surface area contributed by atoms with E-state index >= 15 is 0 Å². The number of benzene rings is 1. The van der Waals surface area contributed by atoms with E-state index in [0.29, 0.717) is 4.88 Å². The first kappa shape index (κ1) is 15.2. The Morgan fingerprint density at radius 3 is 2.80 bits per heavy atom. The molecule has 108 valence electrons. The average Bonchev–Trinajstić information content (AvgIpc) is 2.76. The largest absolute Gasteiger partial charge is 0.497 e. The molecule has 6 heteroatoms. The van der Waals surface area contributed by atoms with Gasteiger partial charge in [-0.3, -0.25) is 4.79 Å². The Balaban J connectivity index is 2.40. The Kier molecular flexibility index (Phi) is 4.91. The van der Waals surface area contributed by atoms with Crippen LogP contribution in [0.2, 0.25) is 0 Å². The third kappa shape index (κ3) is 3.26. The van der Waals surface area contributed by atoms with Crippen molar-refractivity contribution in [2.24, 2.45) is 5.73 Å². The van der Waals surface area contributed by atoms with Crippen molar-refractivity contribution in [1.29, 1.82) is 0 Å². The van der Waals surface area contributed by atoms with Crippen molar-refractivity contribution >= 4 is 39.1 Å². The minimum absolute atomic E-state index is 0.363. The molecule has 0 radical (unpaired) electrons. The first-order valence-corrected chi connectivity index (χ1v) is 8.01. The predicted molar refractivity (Wildman–Crippen MR) is 86.2 cm³/mol. The Labute approximate surface area is 126 Å². The van der Waals surface area contributed by atoms with Gasteiger partial charge in [-0.15, -0.1) is 23.1 Å². The van der Waals surface area contributed by atoms with Crippen LogP contribution in [0.3, 0.4) is 0 Å². The number of rotatable bonds is 6. The van der Waals surface area contributed by atoms with Crippen molar-refractivity contribution in [2.75, 3.05) is 33.5 Å². The maximum Gasteiger partial charge on any atom is 0.259 e. The fraction of sp³-hybridized carbons (Fsp3) is 0.357. The molecular formula is C14H18N2O2S2. The number of primary amides is 1. The van der Waals surface area contributed by atoms with Crippen molar-refractivity contribution in [3.05, 3.63) is 23.1 Å². The van der Waals surface area contributed by atoms with Crippen LogP contribution in [0, 0.1) is 0 Å². The van der Waals surface area contributed by atoms with Crippen molar-refractivity contribution in [2.45, 2.75) is 4.90 Å². The van der Waals surface area contributed by atoms with Gasteiger partial charge in [0.25, 0.3) is 5.91 Å². The zero-order chi connectivity index (χ0) is 14.7. The van der Waals surface area contributed by atoms with Gasteiger partial charge in [0, 0.05) is 27.3 Å². The fourth-order valence-corrected chi connectivity index (χ4v) is 4.33. The molecule has 0 aliphatic rings. The molecule has 2 rings (SSSR count). The van der Waals surface area contributed by atoms with E-state index < -0.39 is 0 Å². The van der Waals surface area contributed by atoms with Gasteiger partial charge in [-0.25, -0.2) is 0 Å². The minimum atomic E-state index is -0.363. The number of carbonyl (C=O) groups is 1. The summed E-state index contributed by atoms with van der Waals surface area (Å²) in [6.07, 6.45) is 0. The summed E-state index contributed by atoms with van der Waals surface area (Å²) in [5, 5.41) is 1.05. The molecule has 1 heterocycles. The monoisotopic (exact) mass is 310 g/mol. The normalized spacial score (nSPS) is 11.2. The molecule has 0 saturated heterocycles. The van der Waals surface area contributed by atoms with Gasteiger partial charge < -0.3 is 15.4 Å². The Morgan fingerprint density at radius 2 is 2.20 bits per heavy atom. The van der Waals surface area contributed by atoms with E-state index in [1.54, 1.807) is 18.9 Å². The van der Waals surface area contributed by atoms with E-state index in [4.69, 9.17) is 10.5 Å². The first-order valence-electron chi connectivity index (χ1n) is 6.20. The van der Waals surface area contributed by atoms with Gasteiger partial charge in [0.1, 0.15) is 10.6 Å². The van der Waals surface area contributed by atoms with Crippen LogP contribution in [0.25, 0.3) is 10.1 Å². The lowest BCUT2D eigenvalue weighted by Crippen LogP contribution is -2.15. The molecule has 0 unspecified atom stereocenters. The molecule has 1 aromatic heterocycles. The Morgan fingerprint density at radius 1 is 1.45 bits per heavy atom. The van der Waals surface area contributed by atoms with E-state index in [2.05, 4.69) is 4.90 Å². The van der Waals surface area contributed by atoms with Crippen LogP contribution in [-0.2, 0) is 0 Å². The summed E-state index contributed by atoms with van der Waals surface area (Å²) in [5.74, 6) is 1.34. The zero-order valence-corrected chi connectivity index (χ0v) is 13.4. The topological polar surface area (TPSA) is 55.6 Å². The van der Waals surface area contributed by atoms with Gasteiger partial charge in [0.15, 0.2) is 0 Å². The summed E-state index contributed by atoms with van der Waals surface area (Å²) in [6.45, 7) is 0.949. The lowest BCUT2D eigenvalue weighted by molar-refractivity contribution is 0.100. The molecule has 0 saturated carbocycles. The SMILES string of the molecule is COc1ccc2sc(C(N)=O)c(SCCN(C)C)c2c1. The standard InChI is InChI=1S/C14H18N2O2S2/c1-16(2)6-7-19-12-10-8-9(18-3)4-5-11(10)20-13(12)14(15)17/h4-5,8H,6-7H2,1-3H3,(H2,15,17). The molecule has 2 aromatic rings. The number of thiophene rings is 1. The van der Waals surface area contributed by atoms with Crippen molar-refractivity contribution in [3.8, 4) is 5.75 Å². The van der Waals surface area contributed by atoms with E-state index in [1.165, 1.54) is 11.3 Å². The van der Waals surface area contributed by atoms with E-state index in [0.717, 1.165) is 33.0 Å².